The summed E-state index contributed by atoms with van der Waals surface area (Å²) in [6, 6.07) is 5.08. The minimum atomic E-state index is -0.904. The predicted octanol–water partition coefficient (Wildman–Crippen LogP) is 1.78. The molecule has 106 valence electrons. The van der Waals surface area contributed by atoms with E-state index in [4.69, 9.17) is 14.9 Å². The van der Waals surface area contributed by atoms with Gasteiger partial charge < -0.3 is 20.2 Å². The van der Waals surface area contributed by atoms with Crippen molar-refractivity contribution < 1.29 is 18.7 Å². The lowest BCUT2D eigenvalue weighted by Crippen LogP contribution is -2.35. The molecule has 0 saturated heterocycles. The molecule has 0 aromatic carbocycles. The monoisotopic (exact) mass is 294 g/mol. The third-order valence-corrected chi connectivity index (χ3v) is 3.46. The molecule has 2 heterocycles. The molecule has 0 radical (unpaired) electrons. The number of esters is 1. The average molecular weight is 294 g/mol. The van der Waals surface area contributed by atoms with Gasteiger partial charge in [0.1, 0.15) is 10.6 Å². The molecule has 0 aliphatic carbocycles. The Morgan fingerprint density at radius 3 is 2.90 bits per heavy atom. The van der Waals surface area contributed by atoms with Gasteiger partial charge in [0.2, 0.25) is 0 Å². The van der Waals surface area contributed by atoms with Crippen molar-refractivity contribution in [1.29, 1.82) is 0 Å². The van der Waals surface area contributed by atoms with E-state index in [9.17, 15) is 9.59 Å². The molecule has 7 heteroatoms. The van der Waals surface area contributed by atoms with Crippen molar-refractivity contribution in [2.75, 3.05) is 5.73 Å². The molecular formula is C13H14N2O4S. The maximum atomic E-state index is 11.8. The molecule has 0 bridgehead atoms. The largest absolute Gasteiger partial charge is 0.467 e. The molecule has 0 aliphatic heterocycles. The van der Waals surface area contributed by atoms with Gasteiger partial charge in [-0.05, 0) is 30.5 Å². The van der Waals surface area contributed by atoms with Crippen molar-refractivity contribution in [1.82, 2.24) is 5.32 Å². The summed E-state index contributed by atoms with van der Waals surface area (Å²) in [6.07, 6.45) is 0.615. The number of amides is 1. The van der Waals surface area contributed by atoms with E-state index in [-0.39, 0.29) is 6.54 Å². The molecule has 0 spiro atoms. The van der Waals surface area contributed by atoms with E-state index in [1.165, 1.54) is 24.5 Å². The number of furan rings is 1. The molecule has 3 N–H and O–H groups in total. The smallest absolute Gasteiger partial charge is 0.351 e. The molecule has 0 saturated carbocycles. The van der Waals surface area contributed by atoms with E-state index in [1.807, 2.05) is 0 Å². The van der Waals surface area contributed by atoms with Gasteiger partial charge in [0.25, 0.3) is 5.91 Å². The van der Waals surface area contributed by atoms with Crippen LogP contribution in [-0.2, 0) is 16.1 Å². The SMILES string of the molecule is CC(OC(=O)c1sccc1N)C(=O)NCc1ccco1. The zero-order valence-corrected chi connectivity index (χ0v) is 11.6. The molecule has 2 aromatic heterocycles. The fraction of sp³-hybridized carbons (Fsp3) is 0.231. The summed E-state index contributed by atoms with van der Waals surface area (Å²) in [7, 11) is 0. The Morgan fingerprint density at radius 2 is 2.30 bits per heavy atom. The van der Waals surface area contributed by atoms with Gasteiger partial charge in [-0.15, -0.1) is 11.3 Å². The quantitative estimate of drug-likeness (QED) is 0.820. The van der Waals surface area contributed by atoms with Gasteiger partial charge in [-0.3, -0.25) is 4.79 Å². The van der Waals surface area contributed by atoms with E-state index in [0.29, 0.717) is 16.3 Å². The van der Waals surface area contributed by atoms with Crippen LogP contribution in [0.5, 0.6) is 0 Å². The zero-order valence-electron chi connectivity index (χ0n) is 10.8. The van der Waals surface area contributed by atoms with Crippen LogP contribution in [0, 0.1) is 0 Å². The Hall–Kier alpha value is -2.28. The van der Waals surface area contributed by atoms with Crippen LogP contribution in [0.4, 0.5) is 5.69 Å². The number of nitrogen functional groups attached to an aromatic ring is 1. The minimum Gasteiger partial charge on any atom is -0.467 e. The van der Waals surface area contributed by atoms with Crippen LogP contribution in [0.3, 0.4) is 0 Å². The number of ether oxygens (including phenoxy) is 1. The van der Waals surface area contributed by atoms with Crippen molar-refractivity contribution in [2.45, 2.75) is 19.6 Å². The van der Waals surface area contributed by atoms with Gasteiger partial charge in [0.15, 0.2) is 6.10 Å². The minimum absolute atomic E-state index is 0.245. The summed E-state index contributed by atoms with van der Waals surface area (Å²) in [4.78, 5) is 23.9. The Bertz CT molecular complexity index is 591. The Kier molecular flexibility index (Phi) is 4.41. The van der Waals surface area contributed by atoms with Crippen LogP contribution in [0.25, 0.3) is 0 Å². The summed E-state index contributed by atoms with van der Waals surface area (Å²) in [5, 5.41) is 4.30. The summed E-state index contributed by atoms with van der Waals surface area (Å²) in [6.45, 7) is 1.74. The number of nitrogens with two attached hydrogens (primary N) is 1. The Balaban J connectivity index is 1.85. The predicted molar refractivity (Wildman–Crippen MR) is 74.2 cm³/mol. The molecule has 2 aromatic rings. The molecule has 1 amide bonds. The van der Waals surface area contributed by atoms with Gasteiger partial charge >= 0.3 is 5.97 Å². The lowest BCUT2D eigenvalue weighted by atomic mass is 10.3. The van der Waals surface area contributed by atoms with Crippen LogP contribution in [0.15, 0.2) is 34.3 Å². The molecular weight excluding hydrogens is 280 g/mol. The third-order valence-electron chi connectivity index (χ3n) is 2.55. The summed E-state index contributed by atoms with van der Waals surface area (Å²) in [5.41, 5.74) is 5.96. The number of carbonyl (C=O) groups excluding carboxylic acids is 2. The van der Waals surface area contributed by atoms with Gasteiger partial charge in [0.05, 0.1) is 18.5 Å². The van der Waals surface area contributed by atoms with E-state index in [0.717, 1.165) is 0 Å². The van der Waals surface area contributed by atoms with Crippen LogP contribution in [-0.4, -0.2) is 18.0 Å². The molecule has 0 aliphatic rings. The number of hydrogen-bond donors (Lipinski definition) is 2. The standard InChI is InChI=1S/C13H14N2O4S/c1-8(12(16)15-7-9-3-2-5-18-9)19-13(17)11-10(14)4-6-20-11/h2-6,8H,7,14H2,1H3,(H,15,16). The first-order valence-electron chi connectivity index (χ1n) is 5.92. The fourth-order valence-electron chi connectivity index (χ4n) is 1.48. The third kappa shape index (κ3) is 3.39. The molecule has 20 heavy (non-hydrogen) atoms. The topological polar surface area (TPSA) is 94.6 Å². The van der Waals surface area contributed by atoms with Crippen LogP contribution in [0.1, 0.15) is 22.4 Å². The maximum absolute atomic E-state index is 11.8. The summed E-state index contributed by atoms with van der Waals surface area (Å²) in [5.74, 6) is -0.373. The van der Waals surface area contributed by atoms with Gasteiger partial charge in [-0.1, -0.05) is 0 Å². The Labute approximate surface area is 119 Å². The lowest BCUT2D eigenvalue weighted by molar-refractivity contribution is -0.129. The normalized spacial score (nSPS) is 11.8. The molecule has 1 unspecified atom stereocenters. The molecule has 2 rings (SSSR count). The zero-order chi connectivity index (χ0) is 14.5. The number of hydrogen-bond acceptors (Lipinski definition) is 6. The second kappa shape index (κ2) is 6.25. The van der Waals surface area contributed by atoms with Crippen molar-refractivity contribution in [3.8, 4) is 0 Å². The number of nitrogens with one attached hydrogen (secondary N) is 1. The first-order chi connectivity index (χ1) is 9.58. The van der Waals surface area contributed by atoms with E-state index < -0.39 is 18.0 Å². The van der Waals surface area contributed by atoms with Crippen molar-refractivity contribution in [3.63, 3.8) is 0 Å². The van der Waals surface area contributed by atoms with Crippen molar-refractivity contribution >= 4 is 28.9 Å². The highest BCUT2D eigenvalue weighted by Crippen LogP contribution is 2.20. The van der Waals surface area contributed by atoms with Gasteiger partial charge in [-0.25, -0.2) is 4.79 Å². The highest BCUT2D eigenvalue weighted by molar-refractivity contribution is 7.12. The Morgan fingerprint density at radius 1 is 1.50 bits per heavy atom. The van der Waals surface area contributed by atoms with Crippen LogP contribution >= 0.6 is 11.3 Å². The fourth-order valence-corrected chi connectivity index (χ4v) is 2.18. The van der Waals surface area contributed by atoms with E-state index >= 15 is 0 Å². The highest BCUT2D eigenvalue weighted by Gasteiger charge is 2.21. The van der Waals surface area contributed by atoms with Crippen LogP contribution in [0.2, 0.25) is 0 Å². The second-order valence-electron chi connectivity index (χ2n) is 4.05. The lowest BCUT2D eigenvalue weighted by Gasteiger charge is -2.12. The first kappa shape index (κ1) is 14.1. The number of anilines is 1. The maximum Gasteiger partial charge on any atom is 0.351 e. The summed E-state index contributed by atoms with van der Waals surface area (Å²) < 4.78 is 10.1. The molecule has 6 nitrogen and oxygen atoms in total. The van der Waals surface area contributed by atoms with Gasteiger partial charge in [0, 0.05) is 0 Å². The second-order valence-corrected chi connectivity index (χ2v) is 4.97. The highest BCUT2D eigenvalue weighted by atomic mass is 32.1. The number of carbonyl (C=O) groups is 2. The number of thiophene rings is 1. The molecule has 1 atom stereocenters. The van der Waals surface area contributed by atoms with E-state index in [2.05, 4.69) is 5.32 Å². The average Bonchev–Trinajstić information content (AvgIpc) is 3.06. The number of rotatable bonds is 5. The van der Waals surface area contributed by atoms with Crippen LogP contribution < -0.4 is 11.1 Å². The first-order valence-corrected chi connectivity index (χ1v) is 6.80. The molecule has 0 fully saturated rings. The summed E-state index contributed by atoms with van der Waals surface area (Å²) >= 11 is 1.18. The van der Waals surface area contributed by atoms with Gasteiger partial charge in [-0.2, -0.15) is 0 Å². The van der Waals surface area contributed by atoms with E-state index in [1.54, 1.807) is 23.6 Å². The van der Waals surface area contributed by atoms with Crippen molar-refractivity contribution in [2.24, 2.45) is 0 Å². The van der Waals surface area contributed by atoms with Crippen molar-refractivity contribution in [3.05, 3.63) is 40.5 Å².